The molecule has 0 saturated carbocycles. The monoisotopic (exact) mass is 426 g/mol. The number of fused-ring (bicyclic) bond motifs is 1. The van der Waals surface area contributed by atoms with Crippen molar-refractivity contribution in [2.75, 3.05) is 26.2 Å². The van der Waals surface area contributed by atoms with Gasteiger partial charge in [-0.1, -0.05) is 26.0 Å². The van der Waals surface area contributed by atoms with Crippen LogP contribution < -0.4 is 0 Å². The van der Waals surface area contributed by atoms with E-state index in [1.54, 1.807) is 22.6 Å². The zero-order valence-electron chi connectivity index (χ0n) is 17.8. The predicted molar refractivity (Wildman–Crippen MR) is 121 cm³/mol. The van der Waals surface area contributed by atoms with Gasteiger partial charge in [-0.25, -0.2) is 13.4 Å². The first-order valence-corrected chi connectivity index (χ1v) is 12.3. The van der Waals surface area contributed by atoms with E-state index >= 15 is 0 Å². The van der Waals surface area contributed by atoms with Gasteiger partial charge in [-0.3, -0.25) is 4.90 Å². The van der Waals surface area contributed by atoms with E-state index in [9.17, 15) is 8.42 Å². The summed E-state index contributed by atoms with van der Waals surface area (Å²) in [5.41, 5.74) is 4.07. The first-order chi connectivity index (χ1) is 14.5. The van der Waals surface area contributed by atoms with Crippen LogP contribution in [0, 0.1) is 0 Å². The Hall–Kier alpha value is -2.22. The van der Waals surface area contributed by atoms with Crippen LogP contribution in [0.3, 0.4) is 0 Å². The van der Waals surface area contributed by atoms with E-state index in [0.29, 0.717) is 18.0 Å². The summed E-state index contributed by atoms with van der Waals surface area (Å²) in [6.07, 6.45) is 4.81. The van der Waals surface area contributed by atoms with Crippen molar-refractivity contribution < 1.29 is 8.42 Å². The Bertz CT molecular complexity index is 1100. The molecule has 0 atom stereocenters. The maximum atomic E-state index is 12.8. The Balaban J connectivity index is 1.63. The molecule has 7 heteroatoms. The molecule has 1 aliphatic rings. The molecule has 4 rings (SSSR count). The normalized spacial score (nSPS) is 15.4. The number of hydrogen-bond acceptors (Lipinski definition) is 4. The number of aromatic nitrogens is 2. The van der Waals surface area contributed by atoms with Crippen molar-refractivity contribution in [3.63, 3.8) is 0 Å². The van der Waals surface area contributed by atoms with Crippen molar-refractivity contribution in [1.29, 1.82) is 0 Å². The number of aromatic amines is 1. The Morgan fingerprint density at radius 1 is 1.10 bits per heavy atom. The van der Waals surface area contributed by atoms with E-state index in [1.807, 2.05) is 18.2 Å². The molecule has 0 aliphatic carbocycles. The molecular formula is C23H30N4O2S. The zero-order valence-corrected chi connectivity index (χ0v) is 18.6. The molecule has 3 aromatic rings. The van der Waals surface area contributed by atoms with Gasteiger partial charge in [-0.15, -0.1) is 0 Å². The van der Waals surface area contributed by atoms with E-state index in [-0.39, 0.29) is 0 Å². The van der Waals surface area contributed by atoms with Crippen molar-refractivity contribution in [3.05, 3.63) is 48.3 Å². The van der Waals surface area contributed by atoms with Crippen molar-refractivity contribution in [2.24, 2.45) is 0 Å². The van der Waals surface area contributed by atoms with Gasteiger partial charge in [0.15, 0.2) is 0 Å². The molecule has 3 heterocycles. The number of H-pyrrole nitrogens is 1. The molecule has 1 fully saturated rings. The lowest BCUT2D eigenvalue weighted by Crippen LogP contribution is -2.27. The molecule has 6 nitrogen and oxygen atoms in total. The minimum absolute atomic E-state index is 0.367. The second kappa shape index (κ2) is 8.88. The lowest BCUT2D eigenvalue weighted by atomic mass is 10.0. The second-order valence-electron chi connectivity index (χ2n) is 7.92. The predicted octanol–water partition coefficient (Wildman–Crippen LogP) is 4.25. The smallest absolute Gasteiger partial charge is 0.243 e. The van der Waals surface area contributed by atoms with Gasteiger partial charge in [-0.2, -0.15) is 4.31 Å². The van der Waals surface area contributed by atoms with Crippen molar-refractivity contribution in [1.82, 2.24) is 19.2 Å². The van der Waals surface area contributed by atoms with Gasteiger partial charge in [0, 0.05) is 36.9 Å². The minimum atomic E-state index is -3.39. The molecule has 2 aromatic heterocycles. The summed E-state index contributed by atoms with van der Waals surface area (Å²) in [7, 11) is -3.39. The molecule has 0 radical (unpaired) electrons. The maximum Gasteiger partial charge on any atom is 0.243 e. The Morgan fingerprint density at radius 2 is 1.83 bits per heavy atom. The van der Waals surface area contributed by atoms with Crippen LogP contribution in [0.15, 0.2) is 47.5 Å². The fraction of sp³-hybridized carbons (Fsp3) is 0.435. The van der Waals surface area contributed by atoms with Crippen LogP contribution in [0.1, 0.15) is 38.8 Å². The highest BCUT2D eigenvalue weighted by Crippen LogP contribution is 2.30. The average Bonchev–Trinajstić information content (AvgIpc) is 3.43. The van der Waals surface area contributed by atoms with Gasteiger partial charge in [0.25, 0.3) is 0 Å². The number of hydrogen-bond donors (Lipinski definition) is 1. The molecule has 0 amide bonds. The Kier molecular flexibility index (Phi) is 6.22. The van der Waals surface area contributed by atoms with E-state index in [2.05, 4.69) is 34.8 Å². The number of rotatable bonds is 8. The quantitative estimate of drug-likeness (QED) is 0.585. The summed E-state index contributed by atoms with van der Waals surface area (Å²) in [6.45, 7) is 8.56. The number of nitrogens with one attached hydrogen (secondary N) is 1. The van der Waals surface area contributed by atoms with Crippen LogP contribution >= 0.6 is 0 Å². The fourth-order valence-electron chi connectivity index (χ4n) is 4.21. The Labute approximate surface area is 179 Å². The number of pyridine rings is 1. The van der Waals surface area contributed by atoms with E-state index in [4.69, 9.17) is 0 Å². The van der Waals surface area contributed by atoms with Crippen LogP contribution in [0.2, 0.25) is 0 Å². The van der Waals surface area contributed by atoms with Crippen molar-refractivity contribution in [2.45, 2.75) is 44.6 Å². The molecule has 1 N–H and O–H groups in total. The highest BCUT2D eigenvalue weighted by Gasteiger charge is 2.27. The molecule has 160 valence electrons. The number of sulfonamides is 1. The number of nitrogens with zero attached hydrogens (tertiary/aromatic N) is 3. The number of benzene rings is 1. The SMILES string of the molecule is CCCN(CC)Cc1cc2c(-c3ccc(S(=O)(=O)N4CCCC4)cc3)ccnc2[nH]1. The van der Waals surface area contributed by atoms with Gasteiger partial charge < -0.3 is 4.98 Å². The molecule has 1 aliphatic heterocycles. The molecule has 1 saturated heterocycles. The summed E-state index contributed by atoms with van der Waals surface area (Å²) < 4.78 is 27.2. The molecule has 1 aromatic carbocycles. The first-order valence-electron chi connectivity index (χ1n) is 10.8. The Morgan fingerprint density at radius 3 is 2.50 bits per heavy atom. The lowest BCUT2D eigenvalue weighted by Gasteiger charge is -2.18. The topological polar surface area (TPSA) is 69.3 Å². The standard InChI is InChI=1S/C23H30N4O2S/c1-3-13-26(4-2)17-19-16-22-21(11-12-24-23(22)25-19)18-7-9-20(10-8-18)30(28,29)27-14-5-6-15-27/h7-12,16H,3-6,13-15,17H2,1-2H3,(H,24,25). The summed E-state index contributed by atoms with van der Waals surface area (Å²) in [5.74, 6) is 0. The molecule has 30 heavy (non-hydrogen) atoms. The minimum Gasteiger partial charge on any atom is -0.342 e. The van der Waals surface area contributed by atoms with Crippen LogP contribution in [0.4, 0.5) is 0 Å². The first kappa shape index (κ1) is 21.0. The van der Waals surface area contributed by atoms with Crippen LogP contribution in [-0.2, 0) is 16.6 Å². The average molecular weight is 427 g/mol. The third-order valence-electron chi connectivity index (χ3n) is 5.84. The van der Waals surface area contributed by atoms with Gasteiger partial charge in [0.05, 0.1) is 4.90 Å². The van der Waals surface area contributed by atoms with Crippen LogP contribution in [-0.4, -0.2) is 53.8 Å². The van der Waals surface area contributed by atoms with Gasteiger partial charge >= 0.3 is 0 Å². The summed E-state index contributed by atoms with van der Waals surface area (Å²) >= 11 is 0. The third-order valence-corrected chi connectivity index (χ3v) is 7.75. The van der Waals surface area contributed by atoms with Crippen LogP contribution in [0.5, 0.6) is 0 Å². The molecule has 0 unspecified atom stereocenters. The third kappa shape index (κ3) is 4.15. The molecular weight excluding hydrogens is 396 g/mol. The van der Waals surface area contributed by atoms with Crippen molar-refractivity contribution >= 4 is 21.1 Å². The second-order valence-corrected chi connectivity index (χ2v) is 9.86. The zero-order chi connectivity index (χ0) is 21.1. The highest BCUT2D eigenvalue weighted by molar-refractivity contribution is 7.89. The maximum absolute atomic E-state index is 12.8. The van der Waals surface area contributed by atoms with Crippen LogP contribution in [0.25, 0.3) is 22.2 Å². The summed E-state index contributed by atoms with van der Waals surface area (Å²) in [5, 5.41) is 1.07. The van der Waals surface area contributed by atoms with Gasteiger partial charge in [0.1, 0.15) is 5.65 Å². The van der Waals surface area contributed by atoms with Gasteiger partial charge in [0.2, 0.25) is 10.0 Å². The van der Waals surface area contributed by atoms with Crippen molar-refractivity contribution in [3.8, 4) is 11.1 Å². The summed E-state index contributed by atoms with van der Waals surface area (Å²) in [6, 6.07) is 11.4. The largest absolute Gasteiger partial charge is 0.342 e. The van der Waals surface area contributed by atoms with Gasteiger partial charge in [-0.05, 0) is 67.7 Å². The van der Waals surface area contributed by atoms with E-state index in [0.717, 1.165) is 66.8 Å². The lowest BCUT2D eigenvalue weighted by molar-refractivity contribution is 0.278. The molecule has 0 bridgehead atoms. The fourth-order valence-corrected chi connectivity index (χ4v) is 5.73. The van der Waals surface area contributed by atoms with E-state index in [1.165, 1.54) is 0 Å². The van der Waals surface area contributed by atoms with E-state index < -0.39 is 10.0 Å². The molecule has 0 spiro atoms. The summed E-state index contributed by atoms with van der Waals surface area (Å²) in [4.78, 5) is 10.7. The highest BCUT2D eigenvalue weighted by atomic mass is 32.2.